The van der Waals surface area contributed by atoms with Gasteiger partial charge in [-0.15, -0.1) is 0 Å². The second-order valence-electron chi connectivity index (χ2n) is 10.6. The number of nitrogens with one attached hydrogen (secondary N) is 1. The number of rotatable bonds is 7. The maximum absolute atomic E-state index is 12.4. The molecule has 1 saturated heterocycles. The van der Waals surface area contributed by atoms with Gasteiger partial charge >= 0.3 is 18.2 Å². The van der Waals surface area contributed by atoms with Crippen molar-refractivity contribution in [1.82, 2.24) is 10.2 Å². The van der Waals surface area contributed by atoms with Gasteiger partial charge in [-0.2, -0.15) is 0 Å². The summed E-state index contributed by atoms with van der Waals surface area (Å²) >= 11 is 0. The zero-order valence-electron chi connectivity index (χ0n) is 21.4. The number of nitrogens with zero attached hydrogens (tertiary/aromatic N) is 1. The number of carboxylic acids is 1. The predicted molar refractivity (Wildman–Crippen MR) is 135 cm³/mol. The molecular weight excluding hydrogens is 476 g/mol. The lowest BCUT2D eigenvalue weighted by atomic mass is 9.85. The number of fused-ring (bicyclic) bond motifs is 1. The maximum atomic E-state index is 12.4. The number of likely N-dealkylation sites (tertiary alicyclic amines) is 1. The third-order valence-electron chi connectivity index (χ3n) is 6.58. The zero-order chi connectivity index (χ0) is 26.6. The first-order chi connectivity index (χ1) is 17.6. The predicted octanol–water partition coefficient (Wildman–Crippen LogP) is 4.55. The van der Waals surface area contributed by atoms with E-state index in [0.717, 1.165) is 16.7 Å². The smallest absolute Gasteiger partial charge is 0.410 e. The van der Waals surface area contributed by atoms with Crippen molar-refractivity contribution in [3.8, 4) is 5.75 Å². The van der Waals surface area contributed by atoms with Crippen LogP contribution < -0.4 is 10.1 Å². The molecule has 2 N–H and O–H groups in total. The van der Waals surface area contributed by atoms with Crippen molar-refractivity contribution >= 4 is 18.2 Å². The Morgan fingerprint density at radius 1 is 1.14 bits per heavy atom. The molecule has 4 rings (SSSR count). The Hall–Kier alpha value is -3.75. The molecule has 0 spiro atoms. The lowest BCUT2D eigenvalue weighted by Crippen LogP contribution is -2.36. The molecule has 2 aliphatic heterocycles. The van der Waals surface area contributed by atoms with Crippen LogP contribution in [0.15, 0.2) is 48.5 Å². The summed E-state index contributed by atoms with van der Waals surface area (Å²) in [5, 5.41) is 12.8. The van der Waals surface area contributed by atoms with Gasteiger partial charge in [0.2, 0.25) is 0 Å². The van der Waals surface area contributed by atoms with Crippen molar-refractivity contribution in [2.75, 3.05) is 19.7 Å². The first-order valence-electron chi connectivity index (χ1n) is 12.5. The number of hydrogen-bond acceptors (Lipinski definition) is 6. The van der Waals surface area contributed by atoms with Crippen molar-refractivity contribution < 1.29 is 33.7 Å². The van der Waals surface area contributed by atoms with E-state index in [4.69, 9.17) is 14.2 Å². The number of carbonyl (C=O) groups excluding carboxylic acids is 2. The van der Waals surface area contributed by atoms with Gasteiger partial charge in [-0.3, -0.25) is 4.79 Å². The van der Waals surface area contributed by atoms with E-state index in [0.29, 0.717) is 31.7 Å². The van der Waals surface area contributed by atoms with Gasteiger partial charge in [0.05, 0.1) is 12.0 Å². The average Bonchev–Trinajstić information content (AvgIpc) is 3.48. The largest absolute Gasteiger partial charge is 0.491 e. The molecule has 198 valence electrons. The number of hydrogen-bond donors (Lipinski definition) is 2. The van der Waals surface area contributed by atoms with Crippen LogP contribution in [0.5, 0.6) is 5.75 Å². The van der Waals surface area contributed by atoms with Gasteiger partial charge in [-0.05, 0) is 62.8 Å². The highest BCUT2D eigenvalue weighted by atomic mass is 16.6. The quantitative estimate of drug-likeness (QED) is 0.562. The summed E-state index contributed by atoms with van der Waals surface area (Å²) in [4.78, 5) is 38.6. The molecule has 1 fully saturated rings. The van der Waals surface area contributed by atoms with Gasteiger partial charge in [0.15, 0.2) is 0 Å². The van der Waals surface area contributed by atoms with Crippen LogP contribution in [0.2, 0.25) is 0 Å². The van der Waals surface area contributed by atoms with E-state index in [9.17, 15) is 19.5 Å². The lowest BCUT2D eigenvalue weighted by Gasteiger charge is -2.25. The fourth-order valence-electron chi connectivity index (χ4n) is 4.74. The van der Waals surface area contributed by atoms with Crippen molar-refractivity contribution in [3.05, 3.63) is 65.2 Å². The van der Waals surface area contributed by atoms with Crippen LogP contribution >= 0.6 is 0 Å². The number of ether oxygens (including phenoxy) is 3. The molecule has 0 saturated carbocycles. The normalized spacial score (nSPS) is 19.5. The van der Waals surface area contributed by atoms with Crippen molar-refractivity contribution in [2.24, 2.45) is 11.8 Å². The van der Waals surface area contributed by atoms with Crippen LogP contribution in [-0.2, 0) is 27.3 Å². The average molecular weight is 511 g/mol. The summed E-state index contributed by atoms with van der Waals surface area (Å²) in [6.07, 6.45) is -0.0586. The molecule has 2 aromatic carbocycles. The van der Waals surface area contributed by atoms with Crippen LogP contribution in [0.25, 0.3) is 0 Å². The molecule has 2 amide bonds. The highest BCUT2D eigenvalue weighted by Crippen LogP contribution is 2.35. The van der Waals surface area contributed by atoms with E-state index in [2.05, 4.69) is 5.32 Å². The molecule has 9 nitrogen and oxygen atoms in total. The topological polar surface area (TPSA) is 114 Å². The third kappa shape index (κ3) is 6.93. The minimum Gasteiger partial charge on any atom is -0.491 e. The maximum Gasteiger partial charge on any atom is 0.410 e. The summed E-state index contributed by atoms with van der Waals surface area (Å²) in [6, 6.07) is 14.6. The fourth-order valence-corrected chi connectivity index (χ4v) is 4.74. The van der Waals surface area contributed by atoms with Crippen molar-refractivity contribution in [1.29, 1.82) is 0 Å². The summed E-state index contributed by atoms with van der Waals surface area (Å²) in [5.41, 5.74) is 1.91. The number of carboxylic acid groups (broad SMARTS) is 1. The van der Waals surface area contributed by atoms with E-state index >= 15 is 0 Å². The highest BCUT2D eigenvalue weighted by molar-refractivity contribution is 5.72. The second-order valence-corrected chi connectivity index (χ2v) is 10.6. The van der Waals surface area contributed by atoms with Gasteiger partial charge in [0.1, 0.15) is 24.6 Å². The summed E-state index contributed by atoms with van der Waals surface area (Å²) in [7, 11) is 0. The van der Waals surface area contributed by atoms with Gasteiger partial charge in [0, 0.05) is 18.7 Å². The van der Waals surface area contributed by atoms with Crippen LogP contribution in [-0.4, -0.2) is 53.5 Å². The first kappa shape index (κ1) is 26.3. The van der Waals surface area contributed by atoms with Crippen LogP contribution in [0.3, 0.4) is 0 Å². The zero-order valence-corrected chi connectivity index (χ0v) is 21.4. The van der Waals surface area contributed by atoms with E-state index in [-0.39, 0.29) is 19.1 Å². The summed E-state index contributed by atoms with van der Waals surface area (Å²) < 4.78 is 16.5. The Kier molecular flexibility index (Phi) is 7.90. The summed E-state index contributed by atoms with van der Waals surface area (Å²) in [6.45, 7) is 6.67. The minimum absolute atomic E-state index is 0.162. The van der Waals surface area contributed by atoms with Crippen LogP contribution in [0.4, 0.5) is 9.59 Å². The standard InChI is InChI=1S/C28H34N2O7/c1-28(2,3)37-27(34)30-12-11-20(15-30)21(25(31)32)13-19-9-10-24-22(14-19)23(17-35-24)29-26(33)36-16-18-7-5-4-6-8-18/h4-10,14,20-21,23H,11-13,15-17H2,1-3H3,(H,29,33)(H,31,32)/t20-,21-,23-/m0/s1. The Morgan fingerprint density at radius 2 is 1.89 bits per heavy atom. The Labute approximate surface area is 216 Å². The third-order valence-corrected chi connectivity index (χ3v) is 6.58. The van der Waals surface area contributed by atoms with E-state index in [1.807, 2.05) is 48.5 Å². The molecule has 0 radical (unpaired) electrons. The molecule has 9 heteroatoms. The number of amides is 2. The molecule has 0 bridgehead atoms. The second kappa shape index (κ2) is 11.1. The molecule has 37 heavy (non-hydrogen) atoms. The summed E-state index contributed by atoms with van der Waals surface area (Å²) in [5.74, 6) is -1.08. The molecule has 2 aromatic rings. The Morgan fingerprint density at radius 3 is 2.59 bits per heavy atom. The highest BCUT2D eigenvalue weighted by Gasteiger charge is 2.37. The molecular formula is C28H34N2O7. The molecule has 3 atom stereocenters. The van der Waals surface area contributed by atoms with Gasteiger partial charge in [-0.1, -0.05) is 36.4 Å². The van der Waals surface area contributed by atoms with Crippen molar-refractivity contribution in [2.45, 2.75) is 51.9 Å². The Balaban J connectivity index is 1.37. The molecule has 0 aromatic heterocycles. The number of carbonyl (C=O) groups is 3. The number of benzene rings is 2. The van der Waals surface area contributed by atoms with Gasteiger partial charge in [0.25, 0.3) is 0 Å². The molecule has 2 aliphatic rings. The first-order valence-corrected chi connectivity index (χ1v) is 12.5. The molecule has 0 unspecified atom stereocenters. The van der Waals surface area contributed by atoms with E-state index in [1.54, 1.807) is 25.7 Å². The SMILES string of the molecule is CC(C)(C)OC(=O)N1CC[C@H]([C@H](Cc2ccc3c(c2)[C@@H](NC(=O)OCc2ccccc2)CO3)C(=O)O)C1. The van der Waals surface area contributed by atoms with Gasteiger partial charge in [-0.25, -0.2) is 9.59 Å². The van der Waals surface area contributed by atoms with Crippen molar-refractivity contribution in [3.63, 3.8) is 0 Å². The monoisotopic (exact) mass is 510 g/mol. The Bertz CT molecular complexity index is 1130. The van der Waals surface area contributed by atoms with Crippen LogP contribution in [0, 0.1) is 11.8 Å². The fraction of sp³-hybridized carbons (Fsp3) is 0.464. The van der Waals surface area contributed by atoms with Gasteiger partial charge < -0.3 is 29.5 Å². The minimum atomic E-state index is -0.896. The molecule has 0 aliphatic carbocycles. The van der Waals surface area contributed by atoms with Crippen LogP contribution in [0.1, 0.15) is 49.9 Å². The number of aliphatic carboxylic acids is 1. The van der Waals surface area contributed by atoms with E-state index < -0.39 is 35.7 Å². The van der Waals surface area contributed by atoms with E-state index in [1.165, 1.54) is 0 Å². The lowest BCUT2D eigenvalue weighted by molar-refractivity contribution is -0.143. The number of alkyl carbamates (subject to hydrolysis) is 1. The molecule has 2 heterocycles.